The SMILES string of the molecule is CCC1C(=O)NCCN1C(=O)CC1COCCN1. The van der Waals surface area contributed by atoms with Gasteiger partial charge in [0, 0.05) is 32.1 Å². The van der Waals surface area contributed by atoms with E-state index in [1.165, 1.54) is 0 Å². The van der Waals surface area contributed by atoms with Crippen LogP contribution in [0.5, 0.6) is 0 Å². The Morgan fingerprint density at radius 1 is 1.50 bits per heavy atom. The first-order chi connectivity index (χ1) is 8.72. The van der Waals surface area contributed by atoms with Gasteiger partial charge in [0.05, 0.1) is 13.2 Å². The average molecular weight is 255 g/mol. The Morgan fingerprint density at radius 3 is 3.00 bits per heavy atom. The molecule has 6 nitrogen and oxygen atoms in total. The third-order valence-corrected chi connectivity index (χ3v) is 3.46. The first-order valence-corrected chi connectivity index (χ1v) is 6.60. The highest BCUT2D eigenvalue weighted by Gasteiger charge is 2.32. The van der Waals surface area contributed by atoms with Gasteiger partial charge in [-0.15, -0.1) is 0 Å². The Hall–Kier alpha value is -1.14. The van der Waals surface area contributed by atoms with Crippen LogP contribution in [0.25, 0.3) is 0 Å². The molecular formula is C12H21N3O3. The predicted octanol–water partition coefficient (Wildman–Crippen LogP) is -0.898. The van der Waals surface area contributed by atoms with E-state index >= 15 is 0 Å². The minimum absolute atomic E-state index is 0.0371. The van der Waals surface area contributed by atoms with E-state index in [4.69, 9.17) is 4.74 Å². The summed E-state index contributed by atoms with van der Waals surface area (Å²) in [5.41, 5.74) is 0. The van der Waals surface area contributed by atoms with Gasteiger partial charge < -0.3 is 20.3 Å². The van der Waals surface area contributed by atoms with Crippen molar-refractivity contribution in [3.8, 4) is 0 Å². The molecule has 2 amide bonds. The number of morpholine rings is 1. The highest BCUT2D eigenvalue weighted by molar-refractivity contribution is 5.88. The number of carbonyl (C=O) groups is 2. The minimum atomic E-state index is -0.309. The van der Waals surface area contributed by atoms with Crippen LogP contribution in [0.1, 0.15) is 19.8 Å². The standard InChI is InChI=1S/C12H21N3O3/c1-2-10-12(17)14-3-5-15(10)11(16)7-9-8-18-6-4-13-9/h9-10,13H,2-8H2,1H3,(H,14,17). The molecule has 2 unspecified atom stereocenters. The zero-order valence-corrected chi connectivity index (χ0v) is 10.8. The van der Waals surface area contributed by atoms with E-state index in [1.807, 2.05) is 6.92 Å². The van der Waals surface area contributed by atoms with Crippen molar-refractivity contribution in [2.75, 3.05) is 32.8 Å². The Bertz CT molecular complexity index is 316. The lowest BCUT2D eigenvalue weighted by Crippen LogP contribution is -2.58. The van der Waals surface area contributed by atoms with E-state index in [2.05, 4.69) is 10.6 Å². The molecular weight excluding hydrogens is 234 g/mol. The number of nitrogens with zero attached hydrogens (tertiary/aromatic N) is 1. The monoisotopic (exact) mass is 255 g/mol. The Kier molecular flexibility index (Phi) is 4.54. The second-order valence-corrected chi connectivity index (χ2v) is 4.73. The molecule has 0 bridgehead atoms. The van der Waals surface area contributed by atoms with E-state index in [1.54, 1.807) is 4.90 Å². The van der Waals surface area contributed by atoms with Crippen molar-refractivity contribution in [1.29, 1.82) is 0 Å². The summed E-state index contributed by atoms with van der Waals surface area (Å²) < 4.78 is 5.33. The molecule has 0 radical (unpaired) electrons. The normalized spacial score (nSPS) is 28.9. The van der Waals surface area contributed by atoms with Crippen molar-refractivity contribution in [2.45, 2.75) is 31.8 Å². The topological polar surface area (TPSA) is 70.7 Å². The number of rotatable bonds is 3. The molecule has 0 aliphatic carbocycles. The van der Waals surface area contributed by atoms with Gasteiger partial charge in [0.1, 0.15) is 6.04 Å². The molecule has 0 spiro atoms. The molecule has 2 saturated heterocycles. The van der Waals surface area contributed by atoms with Crippen LogP contribution in [-0.2, 0) is 14.3 Å². The summed E-state index contributed by atoms with van der Waals surface area (Å²) in [5, 5.41) is 6.06. The molecule has 2 N–H and O–H groups in total. The largest absolute Gasteiger partial charge is 0.378 e. The molecule has 2 heterocycles. The number of carbonyl (C=O) groups excluding carboxylic acids is 2. The molecule has 18 heavy (non-hydrogen) atoms. The van der Waals surface area contributed by atoms with E-state index in [0.717, 1.165) is 6.54 Å². The predicted molar refractivity (Wildman–Crippen MR) is 66.0 cm³/mol. The number of piperazine rings is 1. The molecule has 0 aromatic carbocycles. The summed E-state index contributed by atoms with van der Waals surface area (Å²) in [5.74, 6) is 0.00431. The van der Waals surface area contributed by atoms with Gasteiger partial charge in [0.25, 0.3) is 0 Å². The van der Waals surface area contributed by atoms with Crippen LogP contribution in [0.4, 0.5) is 0 Å². The molecule has 2 aliphatic heterocycles. The van der Waals surface area contributed by atoms with Gasteiger partial charge in [0.2, 0.25) is 11.8 Å². The molecule has 102 valence electrons. The third kappa shape index (κ3) is 3.00. The summed E-state index contributed by atoms with van der Waals surface area (Å²) in [6.45, 7) is 5.15. The highest BCUT2D eigenvalue weighted by atomic mass is 16.5. The summed E-state index contributed by atoms with van der Waals surface area (Å²) in [4.78, 5) is 25.6. The van der Waals surface area contributed by atoms with Crippen LogP contribution in [0.2, 0.25) is 0 Å². The van der Waals surface area contributed by atoms with Crippen LogP contribution in [-0.4, -0.2) is 61.6 Å². The molecule has 2 rings (SSSR count). The van der Waals surface area contributed by atoms with Crippen LogP contribution in [0, 0.1) is 0 Å². The van der Waals surface area contributed by atoms with E-state index in [0.29, 0.717) is 39.1 Å². The maximum Gasteiger partial charge on any atom is 0.242 e. The second kappa shape index (κ2) is 6.15. The van der Waals surface area contributed by atoms with Crippen molar-refractivity contribution in [1.82, 2.24) is 15.5 Å². The van der Waals surface area contributed by atoms with Crippen LogP contribution >= 0.6 is 0 Å². The van der Waals surface area contributed by atoms with Crippen LogP contribution in [0.3, 0.4) is 0 Å². The van der Waals surface area contributed by atoms with Gasteiger partial charge in [-0.25, -0.2) is 0 Å². The van der Waals surface area contributed by atoms with Crippen LogP contribution < -0.4 is 10.6 Å². The summed E-state index contributed by atoms with van der Waals surface area (Å²) in [7, 11) is 0. The van der Waals surface area contributed by atoms with E-state index in [-0.39, 0.29) is 23.9 Å². The lowest BCUT2D eigenvalue weighted by Gasteiger charge is -2.35. The van der Waals surface area contributed by atoms with Crippen molar-refractivity contribution in [3.05, 3.63) is 0 Å². The van der Waals surface area contributed by atoms with Crippen molar-refractivity contribution < 1.29 is 14.3 Å². The summed E-state index contributed by atoms with van der Waals surface area (Å²) >= 11 is 0. The first-order valence-electron chi connectivity index (χ1n) is 6.60. The average Bonchev–Trinajstić information content (AvgIpc) is 2.39. The fraction of sp³-hybridized carbons (Fsp3) is 0.833. The zero-order chi connectivity index (χ0) is 13.0. The Morgan fingerprint density at radius 2 is 2.33 bits per heavy atom. The minimum Gasteiger partial charge on any atom is -0.378 e. The number of amides is 2. The van der Waals surface area contributed by atoms with Crippen molar-refractivity contribution in [3.63, 3.8) is 0 Å². The summed E-state index contributed by atoms with van der Waals surface area (Å²) in [6.07, 6.45) is 1.07. The molecule has 2 aliphatic rings. The highest BCUT2D eigenvalue weighted by Crippen LogP contribution is 2.12. The Balaban J connectivity index is 1.91. The first kappa shape index (κ1) is 13.3. The fourth-order valence-corrected chi connectivity index (χ4v) is 2.50. The van der Waals surface area contributed by atoms with Gasteiger partial charge in [-0.3, -0.25) is 9.59 Å². The molecule has 2 atom stereocenters. The maximum atomic E-state index is 12.2. The zero-order valence-electron chi connectivity index (χ0n) is 10.8. The van der Waals surface area contributed by atoms with Crippen molar-refractivity contribution in [2.24, 2.45) is 0 Å². The van der Waals surface area contributed by atoms with Crippen LogP contribution in [0.15, 0.2) is 0 Å². The van der Waals surface area contributed by atoms with E-state index in [9.17, 15) is 9.59 Å². The maximum absolute atomic E-state index is 12.2. The smallest absolute Gasteiger partial charge is 0.242 e. The third-order valence-electron chi connectivity index (χ3n) is 3.46. The van der Waals surface area contributed by atoms with Crippen molar-refractivity contribution >= 4 is 11.8 Å². The number of hydrogen-bond donors (Lipinski definition) is 2. The molecule has 6 heteroatoms. The summed E-state index contributed by atoms with van der Waals surface area (Å²) in [6, 6.07) is -0.232. The van der Waals surface area contributed by atoms with Gasteiger partial charge in [-0.1, -0.05) is 6.92 Å². The Labute approximate surface area is 107 Å². The number of hydrogen-bond acceptors (Lipinski definition) is 4. The molecule has 2 fully saturated rings. The molecule has 0 aromatic heterocycles. The molecule has 0 saturated carbocycles. The number of nitrogens with one attached hydrogen (secondary N) is 2. The van der Waals surface area contributed by atoms with Gasteiger partial charge in [-0.2, -0.15) is 0 Å². The van der Waals surface area contributed by atoms with E-state index < -0.39 is 0 Å². The number of ether oxygens (including phenoxy) is 1. The lowest BCUT2D eigenvalue weighted by atomic mass is 10.1. The quantitative estimate of drug-likeness (QED) is 0.686. The van der Waals surface area contributed by atoms with Gasteiger partial charge in [-0.05, 0) is 6.42 Å². The van der Waals surface area contributed by atoms with Gasteiger partial charge in [0.15, 0.2) is 0 Å². The van der Waals surface area contributed by atoms with Gasteiger partial charge >= 0.3 is 0 Å². The fourth-order valence-electron chi connectivity index (χ4n) is 2.50. The lowest BCUT2D eigenvalue weighted by molar-refractivity contribution is -0.144. The second-order valence-electron chi connectivity index (χ2n) is 4.73. The molecule has 0 aromatic rings.